The SMILES string of the molecule is CC(=O)c1cccc(N2C(=O)C(=Cc3ccc(-c4ccc(Cl)c(Cl)c4)o3)SC2=S)c1. The van der Waals surface area contributed by atoms with Crippen LogP contribution in [0.15, 0.2) is 63.9 Å². The highest BCUT2D eigenvalue weighted by Crippen LogP contribution is 2.37. The predicted octanol–water partition coefficient (Wildman–Crippen LogP) is 6.86. The standard InChI is InChI=1S/C22H13Cl2NO3S2/c1-12(26)13-3-2-4-15(9-13)25-21(27)20(30-22(25)29)11-16-6-8-19(28-16)14-5-7-17(23)18(24)10-14/h2-11H,1H3. The topological polar surface area (TPSA) is 50.5 Å². The van der Waals surface area contributed by atoms with Gasteiger partial charge >= 0.3 is 0 Å². The van der Waals surface area contributed by atoms with Gasteiger partial charge in [-0.25, -0.2) is 0 Å². The maximum atomic E-state index is 13.0. The molecule has 2 aromatic carbocycles. The van der Waals surface area contributed by atoms with Crippen molar-refractivity contribution in [3.8, 4) is 11.3 Å². The van der Waals surface area contributed by atoms with Crippen molar-refractivity contribution in [2.45, 2.75) is 6.92 Å². The van der Waals surface area contributed by atoms with Crippen molar-refractivity contribution in [2.24, 2.45) is 0 Å². The fourth-order valence-corrected chi connectivity index (χ4v) is 4.50. The van der Waals surface area contributed by atoms with E-state index in [1.807, 2.05) is 0 Å². The second kappa shape index (κ2) is 8.40. The van der Waals surface area contributed by atoms with Gasteiger partial charge in [-0.3, -0.25) is 14.5 Å². The largest absolute Gasteiger partial charge is 0.457 e. The highest BCUT2D eigenvalue weighted by Gasteiger charge is 2.33. The molecule has 0 bridgehead atoms. The van der Waals surface area contributed by atoms with Gasteiger partial charge in [0.2, 0.25) is 0 Å². The van der Waals surface area contributed by atoms with Gasteiger partial charge in [-0.2, -0.15) is 0 Å². The Labute approximate surface area is 192 Å². The van der Waals surface area contributed by atoms with Gasteiger partial charge in [0.15, 0.2) is 10.1 Å². The molecule has 1 fully saturated rings. The third-order valence-electron chi connectivity index (χ3n) is 4.41. The minimum Gasteiger partial charge on any atom is -0.457 e. The molecule has 1 saturated heterocycles. The first-order valence-electron chi connectivity index (χ1n) is 8.78. The minimum atomic E-state index is -0.266. The number of furan rings is 1. The summed E-state index contributed by atoms with van der Waals surface area (Å²) < 4.78 is 6.24. The number of ketones is 1. The molecule has 8 heteroatoms. The zero-order valence-electron chi connectivity index (χ0n) is 15.5. The van der Waals surface area contributed by atoms with Crippen LogP contribution in [-0.2, 0) is 4.79 Å². The van der Waals surface area contributed by atoms with E-state index in [-0.39, 0.29) is 11.7 Å². The van der Waals surface area contributed by atoms with E-state index in [9.17, 15) is 9.59 Å². The van der Waals surface area contributed by atoms with Gasteiger partial charge < -0.3 is 4.42 Å². The van der Waals surface area contributed by atoms with Crippen LogP contribution in [0.2, 0.25) is 10.0 Å². The van der Waals surface area contributed by atoms with Gasteiger partial charge in [0.25, 0.3) is 5.91 Å². The summed E-state index contributed by atoms with van der Waals surface area (Å²) in [5, 5.41) is 0.894. The number of benzene rings is 2. The maximum absolute atomic E-state index is 13.0. The van der Waals surface area contributed by atoms with Crippen molar-refractivity contribution in [3.63, 3.8) is 0 Å². The number of Topliss-reactive ketones (excluding diaryl/α,β-unsaturated/α-hetero) is 1. The second-order valence-electron chi connectivity index (χ2n) is 6.45. The smallest absolute Gasteiger partial charge is 0.270 e. The summed E-state index contributed by atoms with van der Waals surface area (Å²) in [6, 6.07) is 15.6. The Bertz CT molecular complexity index is 1230. The van der Waals surface area contributed by atoms with Crippen LogP contribution in [0.25, 0.3) is 17.4 Å². The first kappa shape index (κ1) is 20.9. The quantitative estimate of drug-likeness (QED) is 0.235. The highest BCUT2D eigenvalue weighted by atomic mass is 35.5. The van der Waals surface area contributed by atoms with Crippen molar-refractivity contribution < 1.29 is 14.0 Å². The predicted molar refractivity (Wildman–Crippen MR) is 126 cm³/mol. The van der Waals surface area contributed by atoms with Crippen LogP contribution in [-0.4, -0.2) is 16.0 Å². The zero-order chi connectivity index (χ0) is 21.4. The summed E-state index contributed by atoms with van der Waals surface area (Å²) in [4.78, 5) is 26.5. The van der Waals surface area contributed by atoms with Crippen molar-refractivity contribution in [2.75, 3.05) is 4.90 Å². The summed E-state index contributed by atoms with van der Waals surface area (Å²) in [7, 11) is 0. The third-order valence-corrected chi connectivity index (χ3v) is 6.45. The summed E-state index contributed by atoms with van der Waals surface area (Å²) in [6.45, 7) is 1.48. The molecule has 0 atom stereocenters. The molecule has 30 heavy (non-hydrogen) atoms. The summed E-state index contributed by atoms with van der Waals surface area (Å²) >= 11 is 18.6. The first-order valence-corrected chi connectivity index (χ1v) is 10.8. The Morgan fingerprint density at radius 3 is 2.63 bits per heavy atom. The number of anilines is 1. The Morgan fingerprint density at radius 1 is 1.10 bits per heavy atom. The molecule has 0 radical (unpaired) electrons. The van der Waals surface area contributed by atoms with Gasteiger partial charge in [-0.15, -0.1) is 0 Å². The van der Waals surface area contributed by atoms with E-state index in [4.69, 9.17) is 39.8 Å². The number of hydrogen-bond donors (Lipinski definition) is 0. The van der Waals surface area contributed by atoms with Crippen molar-refractivity contribution in [1.29, 1.82) is 0 Å². The number of thiocarbonyl (C=S) groups is 1. The van der Waals surface area contributed by atoms with Crippen LogP contribution in [0.5, 0.6) is 0 Å². The minimum absolute atomic E-state index is 0.0803. The van der Waals surface area contributed by atoms with Gasteiger partial charge in [-0.1, -0.05) is 59.3 Å². The van der Waals surface area contributed by atoms with Crippen LogP contribution < -0.4 is 4.90 Å². The summed E-state index contributed by atoms with van der Waals surface area (Å²) in [5.74, 6) is 0.764. The van der Waals surface area contributed by atoms with Crippen molar-refractivity contribution >= 4 is 75.0 Å². The number of amides is 1. The molecule has 1 aliphatic heterocycles. The van der Waals surface area contributed by atoms with Crippen LogP contribution in [0.4, 0.5) is 5.69 Å². The fraction of sp³-hybridized carbons (Fsp3) is 0.0455. The van der Waals surface area contributed by atoms with Gasteiger partial charge in [0.1, 0.15) is 11.5 Å². The van der Waals surface area contributed by atoms with Gasteiger partial charge in [0.05, 0.1) is 20.6 Å². The number of nitrogens with zero attached hydrogens (tertiary/aromatic N) is 1. The van der Waals surface area contributed by atoms with Gasteiger partial charge in [0, 0.05) is 17.2 Å². The molecule has 3 aromatic rings. The number of hydrogen-bond acceptors (Lipinski definition) is 5. The maximum Gasteiger partial charge on any atom is 0.270 e. The van der Waals surface area contributed by atoms with E-state index in [1.165, 1.54) is 23.6 Å². The van der Waals surface area contributed by atoms with E-state index in [2.05, 4.69) is 0 Å². The molecule has 4 rings (SSSR count). The normalized spacial score (nSPS) is 15.3. The Morgan fingerprint density at radius 2 is 1.90 bits per heavy atom. The molecule has 1 aliphatic rings. The molecule has 2 heterocycles. The number of rotatable bonds is 4. The second-order valence-corrected chi connectivity index (χ2v) is 8.94. The van der Waals surface area contributed by atoms with Crippen LogP contribution in [0.3, 0.4) is 0 Å². The Balaban J connectivity index is 1.61. The molecular weight excluding hydrogens is 461 g/mol. The highest BCUT2D eigenvalue weighted by molar-refractivity contribution is 8.27. The molecular formula is C22H13Cl2NO3S2. The molecule has 0 aliphatic carbocycles. The number of carbonyl (C=O) groups is 2. The zero-order valence-corrected chi connectivity index (χ0v) is 18.7. The molecule has 0 unspecified atom stereocenters. The van der Waals surface area contributed by atoms with Gasteiger partial charge in [-0.05, 0) is 49.4 Å². The number of thioether (sulfide) groups is 1. The average molecular weight is 474 g/mol. The lowest BCUT2D eigenvalue weighted by atomic mass is 10.1. The van der Waals surface area contributed by atoms with E-state index in [1.54, 1.807) is 60.7 Å². The molecule has 0 spiro atoms. The number of carbonyl (C=O) groups excluding carboxylic acids is 2. The monoisotopic (exact) mass is 473 g/mol. The first-order chi connectivity index (χ1) is 14.3. The van der Waals surface area contributed by atoms with E-state index in [0.717, 1.165) is 5.56 Å². The molecule has 0 saturated carbocycles. The lowest BCUT2D eigenvalue weighted by Gasteiger charge is -2.15. The fourth-order valence-electron chi connectivity index (χ4n) is 2.92. The van der Waals surface area contributed by atoms with E-state index < -0.39 is 0 Å². The van der Waals surface area contributed by atoms with Crippen LogP contribution >= 0.6 is 47.2 Å². The molecule has 0 N–H and O–H groups in total. The van der Waals surface area contributed by atoms with Crippen LogP contribution in [0.1, 0.15) is 23.0 Å². The molecule has 1 aromatic heterocycles. The molecule has 1 amide bonds. The Kier molecular flexibility index (Phi) is 5.84. The molecule has 4 nitrogen and oxygen atoms in total. The van der Waals surface area contributed by atoms with Crippen LogP contribution in [0, 0.1) is 0 Å². The number of halogens is 2. The average Bonchev–Trinajstić information content (AvgIpc) is 3.29. The van der Waals surface area contributed by atoms with E-state index in [0.29, 0.717) is 42.0 Å². The third kappa shape index (κ3) is 4.09. The summed E-state index contributed by atoms with van der Waals surface area (Å²) in [6.07, 6.45) is 1.65. The van der Waals surface area contributed by atoms with E-state index >= 15 is 0 Å². The molecule has 150 valence electrons. The summed E-state index contributed by atoms with van der Waals surface area (Å²) in [5.41, 5.74) is 1.85. The van der Waals surface area contributed by atoms with Crippen molar-refractivity contribution in [1.82, 2.24) is 0 Å². The lowest BCUT2D eigenvalue weighted by Crippen LogP contribution is -2.27. The lowest BCUT2D eigenvalue weighted by molar-refractivity contribution is -0.113. The van der Waals surface area contributed by atoms with Crippen molar-refractivity contribution in [3.05, 3.63) is 80.9 Å². The Hall–Kier alpha value is -2.38.